The molecule has 1 aromatic heterocycles. The highest BCUT2D eigenvalue weighted by Gasteiger charge is 2.22. The Labute approximate surface area is 151 Å². The van der Waals surface area contributed by atoms with Crippen LogP contribution in [-0.4, -0.2) is 43.0 Å². The zero-order valence-electron chi connectivity index (χ0n) is 14.0. The second-order valence-corrected chi connectivity index (χ2v) is 6.37. The van der Waals surface area contributed by atoms with E-state index in [2.05, 4.69) is 19.8 Å². The number of methoxy groups -OCH3 is 1. The normalized spacial score (nSPS) is 17.2. The van der Waals surface area contributed by atoms with E-state index in [0.717, 1.165) is 31.7 Å². The van der Waals surface area contributed by atoms with Gasteiger partial charge in [-0.25, -0.2) is 4.79 Å². The minimum absolute atomic E-state index is 0.210. The maximum absolute atomic E-state index is 11.4. The molecule has 0 spiro atoms. The highest BCUT2D eigenvalue weighted by Crippen LogP contribution is 2.26. The molecule has 0 bridgehead atoms. The molecule has 7 heteroatoms. The number of piperidine rings is 1. The Morgan fingerprint density at radius 3 is 2.84 bits per heavy atom. The third kappa shape index (κ3) is 4.39. The van der Waals surface area contributed by atoms with Crippen LogP contribution in [0.4, 0.5) is 5.82 Å². The van der Waals surface area contributed by atoms with Gasteiger partial charge in [0.15, 0.2) is 11.5 Å². The Morgan fingerprint density at radius 2 is 2.12 bits per heavy atom. The van der Waals surface area contributed by atoms with Crippen molar-refractivity contribution in [3.8, 4) is 5.75 Å². The number of esters is 1. The molecule has 0 saturated carbocycles. The zero-order chi connectivity index (χ0) is 17.6. The fourth-order valence-electron chi connectivity index (χ4n) is 2.89. The largest absolute Gasteiger partial charge is 0.492 e. The molecule has 2 heterocycles. The fourth-order valence-corrected chi connectivity index (χ4v) is 3.08. The first-order valence-corrected chi connectivity index (χ1v) is 8.59. The van der Waals surface area contributed by atoms with Crippen LogP contribution in [0.3, 0.4) is 0 Å². The average Bonchev–Trinajstić information content (AvgIpc) is 2.67. The van der Waals surface area contributed by atoms with Crippen LogP contribution >= 0.6 is 11.6 Å². The lowest BCUT2D eigenvalue weighted by Gasteiger charge is -2.33. The van der Waals surface area contributed by atoms with Crippen LogP contribution in [-0.2, 0) is 4.74 Å². The maximum Gasteiger partial charge on any atom is 0.358 e. The Kier molecular flexibility index (Phi) is 5.71. The van der Waals surface area contributed by atoms with E-state index in [0.29, 0.717) is 23.3 Å². The van der Waals surface area contributed by atoms with Crippen molar-refractivity contribution in [3.05, 3.63) is 47.1 Å². The van der Waals surface area contributed by atoms with Crippen LogP contribution in [0.15, 0.2) is 36.4 Å². The number of para-hydroxylation sites is 1. The summed E-state index contributed by atoms with van der Waals surface area (Å²) in [5, 5.41) is 8.72. The molecule has 0 amide bonds. The van der Waals surface area contributed by atoms with E-state index < -0.39 is 5.97 Å². The highest BCUT2D eigenvalue weighted by molar-refractivity contribution is 6.32. The molecular weight excluding hydrogens is 342 g/mol. The van der Waals surface area contributed by atoms with Crippen molar-refractivity contribution >= 4 is 23.4 Å². The quantitative estimate of drug-likeness (QED) is 0.762. The molecule has 0 aliphatic carbocycles. The molecule has 25 heavy (non-hydrogen) atoms. The predicted octanol–water partition coefficient (Wildman–Crippen LogP) is 3.21. The molecule has 1 unspecified atom stereocenters. The summed E-state index contributed by atoms with van der Waals surface area (Å²) in [6.07, 6.45) is 2.14. The number of carbonyl (C=O) groups excluding carboxylic acids is 1. The Morgan fingerprint density at radius 1 is 1.28 bits per heavy atom. The van der Waals surface area contributed by atoms with Crippen LogP contribution in [0.2, 0.25) is 5.02 Å². The number of ether oxygens (including phenoxy) is 2. The summed E-state index contributed by atoms with van der Waals surface area (Å²) in [7, 11) is 1.33. The van der Waals surface area contributed by atoms with Gasteiger partial charge in [-0.1, -0.05) is 23.7 Å². The van der Waals surface area contributed by atoms with Crippen molar-refractivity contribution in [1.82, 2.24) is 10.2 Å². The molecule has 3 rings (SSSR count). The summed E-state index contributed by atoms with van der Waals surface area (Å²) in [4.78, 5) is 13.6. The monoisotopic (exact) mass is 361 g/mol. The molecule has 2 aromatic rings. The third-order valence-corrected chi connectivity index (χ3v) is 4.51. The van der Waals surface area contributed by atoms with Gasteiger partial charge in [-0.3, -0.25) is 0 Å². The SMILES string of the molecule is COC(=O)c1ccc(N2CCCC(COc3ccccc3Cl)C2)nn1. The molecular formula is C18H20ClN3O3. The van der Waals surface area contributed by atoms with Gasteiger partial charge in [0.2, 0.25) is 0 Å². The lowest BCUT2D eigenvalue weighted by Crippen LogP contribution is -2.38. The standard InChI is InChI=1S/C18H20ClN3O3/c1-24-18(23)15-8-9-17(21-20-15)22-10-4-5-13(11-22)12-25-16-7-3-2-6-14(16)19/h2-3,6-9,13H,4-5,10-12H2,1H3. The van der Waals surface area contributed by atoms with Crippen LogP contribution in [0.25, 0.3) is 0 Å². The molecule has 0 radical (unpaired) electrons. The summed E-state index contributed by atoms with van der Waals surface area (Å²) in [5.74, 6) is 1.37. The fraction of sp³-hybridized carbons (Fsp3) is 0.389. The summed E-state index contributed by atoms with van der Waals surface area (Å²) < 4.78 is 10.5. The number of carbonyl (C=O) groups is 1. The van der Waals surface area contributed by atoms with E-state index in [4.69, 9.17) is 16.3 Å². The number of benzene rings is 1. The van der Waals surface area contributed by atoms with Gasteiger partial charge in [-0.2, -0.15) is 0 Å². The van der Waals surface area contributed by atoms with Gasteiger partial charge >= 0.3 is 5.97 Å². The van der Waals surface area contributed by atoms with Crippen LogP contribution < -0.4 is 9.64 Å². The van der Waals surface area contributed by atoms with Crippen molar-refractivity contribution in [3.63, 3.8) is 0 Å². The first-order valence-electron chi connectivity index (χ1n) is 8.21. The maximum atomic E-state index is 11.4. The molecule has 1 aliphatic rings. The second kappa shape index (κ2) is 8.16. The molecule has 1 fully saturated rings. The number of hydrogen-bond donors (Lipinski definition) is 0. The Hall–Kier alpha value is -2.34. The Bertz CT molecular complexity index is 724. The lowest BCUT2D eigenvalue weighted by atomic mass is 9.99. The summed E-state index contributed by atoms with van der Waals surface area (Å²) >= 11 is 6.13. The van der Waals surface area contributed by atoms with Gasteiger partial charge in [0, 0.05) is 19.0 Å². The first-order chi connectivity index (χ1) is 12.2. The Balaban J connectivity index is 1.59. The van der Waals surface area contributed by atoms with Crippen LogP contribution in [0, 0.1) is 5.92 Å². The van der Waals surface area contributed by atoms with E-state index in [1.807, 2.05) is 24.3 Å². The molecule has 6 nitrogen and oxygen atoms in total. The van der Waals surface area contributed by atoms with Crippen molar-refractivity contribution in [1.29, 1.82) is 0 Å². The molecule has 1 aliphatic heterocycles. The van der Waals surface area contributed by atoms with E-state index in [1.54, 1.807) is 12.1 Å². The summed E-state index contributed by atoms with van der Waals surface area (Å²) in [5.41, 5.74) is 0.210. The number of hydrogen-bond acceptors (Lipinski definition) is 6. The van der Waals surface area contributed by atoms with E-state index in [1.165, 1.54) is 7.11 Å². The minimum Gasteiger partial charge on any atom is -0.492 e. The number of halogens is 1. The van der Waals surface area contributed by atoms with Gasteiger partial charge in [-0.05, 0) is 37.1 Å². The topological polar surface area (TPSA) is 64.5 Å². The van der Waals surface area contributed by atoms with Crippen LogP contribution in [0.1, 0.15) is 23.3 Å². The zero-order valence-corrected chi connectivity index (χ0v) is 14.8. The van der Waals surface area contributed by atoms with E-state index in [-0.39, 0.29) is 5.69 Å². The predicted molar refractivity (Wildman–Crippen MR) is 95.3 cm³/mol. The molecule has 1 aromatic carbocycles. The van der Waals surface area contributed by atoms with E-state index >= 15 is 0 Å². The first kappa shape index (κ1) is 17.5. The highest BCUT2D eigenvalue weighted by atomic mass is 35.5. The van der Waals surface area contributed by atoms with Gasteiger partial charge in [0.1, 0.15) is 5.75 Å². The van der Waals surface area contributed by atoms with Gasteiger partial charge < -0.3 is 14.4 Å². The van der Waals surface area contributed by atoms with Gasteiger partial charge in [0.25, 0.3) is 0 Å². The molecule has 1 atom stereocenters. The van der Waals surface area contributed by atoms with Crippen molar-refractivity contribution < 1.29 is 14.3 Å². The lowest BCUT2D eigenvalue weighted by molar-refractivity contribution is 0.0592. The molecule has 132 valence electrons. The van der Waals surface area contributed by atoms with Crippen molar-refractivity contribution in [2.45, 2.75) is 12.8 Å². The number of anilines is 1. The molecule has 1 saturated heterocycles. The smallest absolute Gasteiger partial charge is 0.358 e. The van der Waals surface area contributed by atoms with Gasteiger partial charge in [0.05, 0.1) is 18.7 Å². The van der Waals surface area contributed by atoms with Crippen LogP contribution in [0.5, 0.6) is 5.75 Å². The average molecular weight is 362 g/mol. The number of nitrogens with zero attached hydrogens (tertiary/aromatic N) is 3. The van der Waals surface area contributed by atoms with Crippen molar-refractivity contribution in [2.75, 3.05) is 31.7 Å². The molecule has 0 N–H and O–H groups in total. The summed E-state index contributed by atoms with van der Waals surface area (Å²) in [6.45, 7) is 2.35. The van der Waals surface area contributed by atoms with Gasteiger partial charge in [-0.15, -0.1) is 10.2 Å². The number of rotatable bonds is 5. The van der Waals surface area contributed by atoms with E-state index in [9.17, 15) is 4.79 Å². The minimum atomic E-state index is -0.483. The second-order valence-electron chi connectivity index (χ2n) is 5.96. The third-order valence-electron chi connectivity index (χ3n) is 4.20. The number of aromatic nitrogens is 2. The summed E-state index contributed by atoms with van der Waals surface area (Å²) in [6, 6.07) is 10.9. The van der Waals surface area contributed by atoms with Crippen molar-refractivity contribution in [2.24, 2.45) is 5.92 Å².